The molecule has 0 saturated heterocycles. The average molecular weight is 255 g/mol. The van der Waals surface area contributed by atoms with Crippen molar-refractivity contribution in [1.82, 2.24) is 0 Å². The van der Waals surface area contributed by atoms with Crippen molar-refractivity contribution in [3.05, 3.63) is 0 Å². The van der Waals surface area contributed by atoms with Crippen molar-refractivity contribution < 1.29 is 52.2 Å². The summed E-state index contributed by atoms with van der Waals surface area (Å²) in [6.45, 7) is -0.843. The van der Waals surface area contributed by atoms with E-state index in [0.29, 0.717) is 0 Å². The molecule has 4 atom stereocenters. The monoisotopic (exact) mass is 255 g/mol. The van der Waals surface area contributed by atoms with Gasteiger partial charge < -0.3 is 30.6 Å². The van der Waals surface area contributed by atoms with E-state index in [0.717, 1.165) is 0 Å². The molecular formula is C6H12CoO7+2. The van der Waals surface area contributed by atoms with E-state index in [1.807, 2.05) is 0 Å². The summed E-state index contributed by atoms with van der Waals surface area (Å²) in [5, 5.41) is 51.8. The summed E-state index contributed by atoms with van der Waals surface area (Å²) in [7, 11) is 0. The van der Waals surface area contributed by atoms with Crippen molar-refractivity contribution in [2.45, 2.75) is 24.4 Å². The summed E-state index contributed by atoms with van der Waals surface area (Å²) < 4.78 is 0. The van der Waals surface area contributed by atoms with Crippen LogP contribution in [0.2, 0.25) is 0 Å². The minimum atomic E-state index is -2.20. The molecule has 0 aliphatic heterocycles. The molecule has 0 spiro atoms. The van der Waals surface area contributed by atoms with E-state index in [1.54, 1.807) is 0 Å². The van der Waals surface area contributed by atoms with Crippen molar-refractivity contribution in [2.75, 3.05) is 6.61 Å². The molecule has 0 fully saturated rings. The largest absolute Gasteiger partial charge is 2.00 e. The van der Waals surface area contributed by atoms with Gasteiger partial charge in [0.15, 0.2) is 6.10 Å². The average Bonchev–Trinajstić information content (AvgIpc) is 2.12. The summed E-state index contributed by atoms with van der Waals surface area (Å²) in [6.07, 6.45) is -7.84. The molecular weight excluding hydrogens is 243 g/mol. The maximum atomic E-state index is 10.1. The van der Waals surface area contributed by atoms with Gasteiger partial charge in [-0.1, -0.05) is 0 Å². The number of hydrogen-bond acceptors (Lipinski definition) is 6. The Kier molecular flexibility index (Phi) is 8.25. The number of rotatable bonds is 5. The molecule has 0 heterocycles. The van der Waals surface area contributed by atoms with Crippen LogP contribution in [0.4, 0.5) is 0 Å². The topological polar surface area (TPSA) is 138 Å². The number of aliphatic carboxylic acids is 1. The van der Waals surface area contributed by atoms with Crippen LogP contribution in [0.1, 0.15) is 0 Å². The van der Waals surface area contributed by atoms with Gasteiger partial charge in [-0.2, -0.15) is 0 Å². The fraction of sp³-hybridized carbons (Fsp3) is 0.833. The van der Waals surface area contributed by atoms with Crippen LogP contribution in [0.5, 0.6) is 0 Å². The maximum absolute atomic E-state index is 10.1. The van der Waals surface area contributed by atoms with Gasteiger partial charge in [0.2, 0.25) is 0 Å². The molecule has 8 heteroatoms. The van der Waals surface area contributed by atoms with Crippen LogP contribution in [-0.2, 0) is 21.6 Å². The normalized spacial score (nSPS) is 18.9. The molecule has 0 aliphatic rings. The fourth-order valence-electron chi connectivity index (χ4n) is 0.668. The fourth-order valence-corrected chi connectivity index (χ4v) is 0.668. The van der Waals surface area contributed by atoms with Crippen molar-refractivity contribution in [1.29, 1.82) is 0 Å². The van der Waals surface area contributed by atoms with Gasteiger partial charge in [-0.05, 0) is 0 Å². The van der Waals surface area contributed by atoms with Gasteiger partial charge in [0, 0.05) is 0 Å². The van der Waals surface area contributed by atoms with Gasteiger partial charge in [0.05, 0.1) is 6.61 Å². The van der Waals surface area contributed by atoms with Crippen LogP contribution >= 0.6 is 0 Å². The SMILES string of the molecule is O=C(O)[C@@H](O)[C@H](O)[C@@H](O)[C@@H](O)CO.[Co+2]. The Bertz CT molecular complexity index is 176. The van der Waals surface area contributed by atoms with Gasteiger partial charge in [-0.3, -0.25) is 0 Å². The van der Waals surface area contributed by atoms with Crippen molar-refractivity contribution in [2.24, 2.45) is 0 Å². The Hall–Kier alpha value is -0.224. The third-order valence-corrected chi connectivity index (χ3v) is 1.51. The van der Waals surface area contributed by atoms with E-state index in [-0.39, 0.29) is 16.8 Å². The Morgan fingerprint density at radius 1 is 1.07 bits per heavy atom. The van der Waals surface area contributed by atoms with Crippen molar-refractivity contribution in [3.8, 4) is 0 Å². The van der Waals surface area contributed by atoms with Crippen molar-refractivity contribution >= 4 is 5.97 Å². The number of carboxylic acid groups (broad SMARTS) is 1. The van der Waals surface area contributed by atoms with Gasteiger partial charge in [0.25, 0.3) is 0 Å². The maximum Gasteiger partial charge on any atom is 2.00 e. The second kappa shape index (κ2) is 7.12. The first-order chi connectivity index (χ1) is 5.91. The molecule has 0 rings (SSSR count). The first-order valence-corrected chi connectivity index (χ1v) is 3.47. The molecule has 0 aliphatic carbocycles. The number of hydrogen-bond donors (Lipinski definition) is 6. The van der Waals surface area contributed by atoms with Gasteiger partial charge in [0.1, 0.15) is 18.3 Å². The summed E-state index contributed by atoms with van der Waals surface area (Å²) >= 11 is 0. The van der Waals surface area contributed by atoms with Gasteiger partial charge >= 0.3 is 22.7 Å². The summed E-state index contributed by atoms with van der Waals surface area (Å²) in [6, 6.07) is 0. The van der Waals surface area contributed by atoms with Crippen molar-refractivity contribution in [3.63, 3.8) is 0 Å². The quantitative estimate of drug-likeness (QED) is 0.299. The van der Waals surface area contributed by atoms with E-state index in [9.17, 15) is 4.79 Å². The summed E-state index contributed by atoms with van der Waals surface area (Å²) in [4.78, 5) is 10.1. The summed E-state index contributed by atoms with van der Waals surface area (Å²) in [5.74, 6) is -1.73. The Morgan fingerprint density at radius 2 is 1.50 bits per heavy atom. The zero-order valence-electron chi connectivity index (χ0n) is 6.94. The number of carbonyl (C=O) groups is 1. The summed E-state index contributed by atoms with van der Waals surface area (Å²) in [5.41, 5.74) is 0. The van der Waals surface area contributed by atoms with Crippen LogP contribution in [0.3, 0.4) is 0 Å². The molecule has 85 valence electrons. The molecule has 14 heavy (non-hydrogen) atoms. The molecule has 0 aromatic heterocycles. The Labute approximate surface area is 89.8 Å². The van der Waals surface area contributed by atoms with E-state index in [2.05, 4.69) is 0 Å². The van der Waals surface area contributed by atoms with Crippen LogP contribution < -0.4 is 0 Å². The van der Waals surface area contributed by atoms with E-state index >= 15 is 0 Å². The molecule has 0 amide bonds. The second-order valence-corrected chi connectivity index (χ2v) is 2.51. The predicted octanol–water partition coefficient (Wildman–Crippen LogP) is -3.50. The van der Waals surface area contributed by atoms with E-state index in [4.69, 9.17) is 30.6 Å². The molecule has 6 N–H and O–H groups in total. The molecule has 7 nitrogen and oxygen atoms in total. The van der Waals surface area contributed by atoms with Crippen LogP contribution in [0.15, 0.2) is 0 Å². The minimum absolute atomic E-state index is 0. The third kappa shape index (κ3) is 4.33. The smallest absolute Gasteiger partial charge is 0.479 e. The Balaban J connectivity index is 0. The van der Waals surface area contributed by atoms with Gasteiger partial charge in [-0.15, -0.1) is 0 Å². The zero-order chi connectivity index (χ0) is 10.6. The van der Waals surface area contributed by atoms with E-state index in [1.165, 1.54) is 0 Å². The molecule has 0 bridgehead atoms. The molecule has 1 radical (unpaired) electrons. The number of aliphatic hydroxyl groups is 5. The predicted molar refractivity (Wildman–Crippen MR) is 38.7 cm³/mol. The molecule has 0 aromatic rings. The Morgan fingerprint density at radius 3 is 1.79 bits per heavy atom. The minimum Gasteiger partial charge on any atom is -0.479 e. The number of carboxylic acids is 1. The third-order valence-electron chi connectivity index (χ3n) is 1.51. The molecule has 0 unspecified atom stereocenters. The van der Waals surface area contributed by atoms with E-state index < -0.39 is 37.0 Å². The van der Waals surface area contributed by atoms with Crippen LogP contribution in [0.25, 0.3) is 0 Å². The van der Waals surface area contributed by atoms with Crippen LogP contribution in [-0.4, -0.2) is 67.6 Å². The second-order valence-electron chi connectivity index (χ2n) is 2.51. The molecule has 0 saturated carbocycles. The standard InChI is InChI=1S/C6H12O7.Co/c7-1-2(8)3(9)4(10)5(11)6(12)13;/h2-5,7-11H,1H2,(H,12,13);/q;+2/t2-,3-,4+,5-;/m0./s1. The number of aliphatic hydroxyl groups excluding tert-OH is 5. The first kappa shape index (κ1) is 16.2. The zero-order valence-corrected chi connectivity index (χ0v) is 7.98. The molecule has 0 aromatic carbocycles. The van der Waals surface area contributed by atoms with Gasteiger partial charge in [-0.25, -0.2) is 4.79 Å². The van der Waals surface area contributed by atoms with Crippen LogP contribution in [0, 0.1) is 0 Å². The first-order valence-electron chi connectivity index (χ1n) is 3.47.